The van der Waals surface area contributed by atoms with Crippen LogP contribution in [-0.2, 0) is 0 Å². The largest absolute Gasteiger partial charge is 0.338 e. The average Bonchev–Trinajstić information content (AvgIpc) is 3.08. The fraction of sp³-hybridized carbons (Fsp3) is 0.400. The molecule has 0 aliphatic carbocycles. The SMILES string of the molecule is Cc1ccnc(Nc2nc(C)c(C(=O)N3CCCC3)s2)c1. The molecule has 1 amide bonds. The summed E-state index contributed by atoms with van der Waals surface area (Å²) in [4.78, 5) is 23.8. The van der Waals surface area contributed by atoms with E-state index in [9.17, 15) is 4.79 Å². The summed E-state index contributed by atoms with van der Waals surface area (Å²) in [6.45, 7) is 5.62. The van der Waals surface area contributed by atoms with Crippen molar-refractivity contribution in [2.75, 3.05) is 18.4 Å². The van der Waals surface area contributed by atoms with Gasteiger partial charge in [-0.15, -0.1) is 0 Å². The summed E-state index contributed by atoms with van der Waals surface area (Å²) in [5, 5.41) is 3.89. The van der Waals surface area contributed by atoms with Gasteiger partial charge in [0.1, 0.15) is 10.7 Å². The van der Waals surface area contributed by atoms with Crippen LogP contribution in [0.5, 0.6) is 0 Å². The second-order valence-electron chi connectivity index (χ2n) is 5.28. The number of carbonyl (C=O) groups excluding carboxylic acids is 1. The van der Waals surface area contributed by atoms with Crippen molar-refractivity contribution in [3.8, 4) is 0 Å². The van der Waals surface area contributed by atoms with E-state index < -0.39 is 0 Å². The lowest BCUT2D eigenvalue weighted by Gasteiger charge is -2.13. The minimum atomic E-state index is 0.104. The van der Waals surface area contributed by atoms with E-state index in [1.54, 1.807) is 6.20 Å². The van der Waals surface area contributed by atoms with Crippen LogP contribution in [-0.4, -0.2) is 33.9 Å². The lowest BCUT2D eigenvalue weighted by Crippen LogP contribution is -2.27. The minimum Gasteiger partial charge on any atom is -0.338 e. The molecule has 21 heavy (non-hydrogen) atoms. The smallest absolute Gasteiger partial charge is 0.265 e. The van der Waals surface area contributed by atoms with Gasteiger partial charge in [0.25, 0.3) is 5.91 Å². The van der Waals surface area contributed by atoms with Gasteiger partial charge < -0.3 is 10.2 Å². The highest BCUT2D eigenvalue weighted by Gasteiger charge is 2.23. The molecule has 0 spiro atoms. The lowest BCUT2D eigenvalue weighted by atomic mass is 10.3. The fourth-order valence-corrected chi connectivity index (χ4v) is 3.37. The zero-order valence-electron chi connectivity index (χ0n) is 12.2. The Morgan fingerprint density at radius 3 is 2.81 bits per heavy atom. The van der Waals surface area contributed by atoms with Crippen molar-refractivity contribution in [2.24, 2.45) is 0 Å². The van der Waals surface area contributed by atoms with Crippen LogP contribution in [0.1, 0.15) is 33.8 Å². The Balaban J connectivity index is 1.79. The van der Waals surface area contributed by atoms with Crippen LogP contribution < -0.4 is 5.32 Å². The van der Waals surface area contributed by atoms with Gasteiger partial charge in [0, 0.05) is 19.3 Å². The summed E-state index contributed by atoms with van der Waals surface area (Å²) in [5.74, 6) is 0.858. The Morgan fingerprint density at radius 2 is 2.10 bits per heavy atom. The molecule has 0 bridgehead atoms. The van der Waals surface area contributed by atoms with Crippen molar-refractivity contribution in [1.29, 1.82) is 0 Å². The second-order valence-corrected chi connectivity index (χ2v) is 6.28. The maximum Gasteiger partial charge on any atom is 0.265 e. The number of hydrogen-bond donors (Lipinski definition) is 1. The van der Waals surface area contributed by atoms with E-state index in [1.165, 1.54) is 11.3 Å². The second kappa shape index (κ2) is 5.81. The van der Waals surface area contributed by atoms with E-state index in [4.69, 9.17) is 0 Å². The predicted molar refractivity (Wildman–Crippen MR) is 84.2 cm³/mol. The third-order valence-electron chi connectivity index (χ3n) is 3.53. The number of aryl methyl sites for hydroxylation is 2. The Morgan fingerprint density at radius 1 is 1.33 bits per heavy atom. The first-order valence-corrected chi connectivity index (χ1v) is 7.91. The molecule has 6 heteroatoms. The number of amides is 1. The summed E-state index contributed by atoms with van der Waals surface area (Å²) in [7, 11) is 0. The summed E-state index contributed by atoms with van der Waals surface area (Å²) in [6.07, 6.45) is 3.96. The van der Waals surface area contributed by atoms with Gasteiger partial charge in [0.2, 0.25) is 0 Å². The van der Waals surface area contributed by atoms with Crippen molar-refractivity contribution in [3.63, 3.8) is 0 Å². The Labute approximate surface area is 128 Å². The first-order valence-electron chi connectivity index (χ1n) is 7.10. The summed E-state index contributed by atoms with van der Waals surface area (Å²) in [6, 6.07) is 3.90. The molecule has 0 radical (unpaired) electrons. The Hall–Kier alpha value is -1.95. The number of nitrogens with zero attached hydrogens (tertiary/aromatic N) is 3. The van der Waals surface area contributed by atoms with E-state index in [0.29, 0.717) is 5.13 Å². The van der Waals surface area contributed by atoms with E-state index >= 15 is 0 Å². The fourth-order valence-electron chi connectivity index (χ4n) is 2.43. The first-order chi connectivity index (χ1) is 10.1. The topological polar surface area (TPSA) is 58.1 Å². The van der Waals surface area contributed by atoms with E-state index in [1.807, 2.05) is 30.9 Å². The van der Waals surface area contributed by atoms with Gasteiger partial charge in [-0.2, -0.15) is 0 Å². The van der Waals surface area contributed by atoms with Crippen LogP contribution in [0.25, 0.3) is 0 Å². The summed E-state index contributed by atoms with van der Waals surface area (Å²) < 4.78 is 0. The van der Waals surface area contributed by atoms with Crippen molar-refractivity contribution in [1.82, 2.24) is 14.9 Å². The molecule has 3 heterocycles. The normalized spacial score (nSPS) is 14.5. The van der Waals surface area contributed by atoms with Crippen molar-refractivity contribution in [2.45, 2.75) is 26.7 Å². The Kier molecular flexibility index (Phi) is 3.88. The van der Waals surface area contributed by atoms with Crippen LogP contribution in [0.4, 0.5) is 10.9 Å². The molecule has 1 aliphatic heterocycles. The number of pyridine rings is 1. The van der Waals surface area contributed by atoms with Crippen molar-refractivity contribution >= 4 is 28.2 Å². The van der Waals surface area contributed by atoms with Gasteiger partial charge in [-0.25, -0.2) is 9.97 Å². The molecule has 110 valence electrons. The Bertz CT molecular complexity index is 661. The molecule has 3 rings (SSSR count). The number of nitrogens with one attached hydrogen (secondary N) is 1. The number of hydrogen-bond acceptors (Lipinski definition) is 5. The summed E-state index contributed by atoms with van der Waals surface area (Å²) in [5.41, 5.74) is 1.92. The number of aromatic nitrogens is 2. The van der Waals surface area contributed by atoms with E-state index in [2.05, 4.69) is 15.3 Å². The molecule has 0 atom stereocenters. The lowest BCUT2D eigenvalue weighted by molar-refractivity contribution is 0.0796. The molecule has 0 aromatic carbocycles. The number of anilines is 2. The van der Waals surface area contributed by atoms with Crippen LogP contribution in [0.15, 0.2) is 18.3 Å². The molecular weight excluding hydrogens is 284 g/mol. The third-order valence-corrected chi connectivity index (χ3v) is 4.60. The first kappa shape index (κ1) is 14.0. The zero-order chi connectivity index (χ0) is 14.8. The highest BCUT2D eigenvalue weighted by atomic mass is 32.1. The van der Waals surface area contributed by atoms with Gasteiger partial charge >= 0.3 is 0 Å². The molecule has 2 aromatic rings. The number of likely N-dealkylation sites (tertiary alicyclic amines) is 1. The van der Waals surface area contributed by atoms with Crippen LogP contribution in [0.2, 0.25) is 0 Å². The van der Waals surface area contributed by atoms with Gasteiger partial charge in [0.15, 0.2) is 5.13 Å². The van der Waals surface area contributed by atoms with Crippen LogP contribution >= 0.6 is 11.3 Å². The molecule has 1 fully saturated rings. The summed E-state index contributed by atoms with van der Waals surface area (Å²) >= 11 is 1.40. The standard InChI is InChI=1S/C15H18N4OS/c1-10-5-6-16-12(9-10)18-15-17-11(2)13(21-15)14(20)19-7-3-4-8-19/h5-6,9H,3-4,7-8H2,1-2H3,(H,16,17,18). The zero-order valence-corrected chi connectivity index (χ0v) is 13.0. The highest BCUT2D eigenvalue weighted by molar-refractivity contribution is 7.17. The van der Waals surface area contributed by atoms with Gasteiger partial charge in [-0.3, -0.25) is 4.79 Å². The molecular formula is C15H18N4OS. The molecule has 0 saturated carbocycles. The monoisotopic (exact) mass is 302 g/mol. The number of rotatable bonds is 3. The predicted octanol–water partition coefficient (Wildman–Crippen LogP) is 3.13. The van der Waals surface area contributed by atoms with Gasteiger partial charge in [0.05, 0.1) is 5.69 Å². The number of thiazole rings is 1. The maximum absolute atomic E-state index is 12.4. The maximum atomic E-state index is 12.4. The molecule has 1 N–H and O–H groups in total. The number of carbonyl (C=O) groups is 1. The van der Waals surface area contributed by atoms with Crippen LogP contribution in [0, 0.1) is 13.8 Å². The minimum absolute atomic E-state index is 0.104. The van der Waals surface area contributed by atoms with Gasteiger partial charge in [-0.05, 0) is 44.4 Å². The van der Waals surface area contributed by atoms with Gasteiger partial charge in [-0.1, -0.05) is 11.3 Å². The van der Waals surface area contributed by atoms with Crippen LogP contribution in [0.3, 0.4) is 0 Å². The molecule has 2 aromatic heterocycles. The van der Waals surface area contributed by atoms with Crippen molar-refractivity contribution < 1.29 is 4.79 Å². The highest BCUT2D eigenvalue weighted by Crippen LogP contribution is 2.27. The molecule has 5 nitrogen and oxygen atoms in total. The molecule has 1 saturated heterocycles. The molecule has 0 unspecified atom stereocenters. The average molecular weight is 302 g/mol. The quantitative estimate of drug-likeness (QED) is 0.946. The molecule has 1 aliphatic rings. The van der Waals surface area contributed by atoms with Crippen molar-refractivity contribution in [3.05, 3.63) is 34.5 Å². The van der Waals surface area contributed by atoms with E-state index in [-0.39, 0.29) is 5.91 Å². The van der Waals surface area contributed by atoms with E-state index in [0.717, 1.165) is 47.9 Å². The third kappa shape index (κ3) is 3.05.